The second-order valence-corrected chi connectivity index (χ2v) is 12.9. The van der Waals surface area contributed by atoms with Crippen LogP contribution in [0, 0.1) is 5.92 Å². The fraction of sp³-hybridized carbons (Fsp3) is 0.679. The molecule has 0 aliphatic carbocycles. The van der Waals surface area contributed by atoms with E-state index in [9.17, 15) is 4.79 Å². The first kappa shape index (κ1) is 29.6. The number of carbonyl (C=O) groups excluding carboxylic acids is 1. The van der Waals surface area contributed by atoms with Crippen LogP contribution in [0.4, 0.5) is 5.13 Å². The van der Waals surface area contributed by atoms with Gasteiger partial charge < -0.3 is 4.74 Å². The normalized spacial score (nSPS) is 13.0. The number of benzene rings is 1. The summed E-state index contributed by atoms with van der Waals surface area (Å²) in [4.78, 5) is 12.6. The maximum absolute atomic E-state index is 12.6. The first-order valence-electron chi connectivity index (χ1n) is 13.1. The third-order valence-corrected chi connectivity index (χ3v) is 9.46. The lowest BCUT2D eigenvalue weighted by molar-refractivity contribution is -0.118. The van der Waals surface area contributed by atoms with Gasteiger partial charge in [0.15, 0.2) is 10.9 Å². The van der Waals surface area contributed by atoms with Crippen molar-refractivity contribution in [3.8, 4) is 5.75 Å². The summed E-state index contributed by atoms with van der Waals surface area (Å²) in [5.74, 6) is 2.30. The van der Waals surface area contributed by atoms with Gasteiger partial charge in [0.25, 0.3) is 5.91 Å². The molecule has 0 spiro atoms. The zero-order valence-corrected chi connectivity index (χ0v) is 24.6. The Bertz CT molecular complexity index is 940. The highest BCUT2D eigenvalue weighted by Crippen LogP contribution is 2.38. The molecule has 1 unspecified atom stereocenters. The van der Waals surface area contributed by atoms with E-state index in [1.165, 1.54) is 42.6 Å². The lowest BCUT2D eigenvalue weighted by atomic mass is 9.76. The second kappa shape index (κ2) is 13.6. The standard InChI is InChI=1S/C28H45N3O2S2/c1-9-13-14-20(10-2)19-34-26-31-30-25(35-26)29-24(32)18-33-23-16-15-21(27(5,6)11-3)17-22(23)28(7,8)12-4/h15-17,20H,9-14,18-19H2,1-8H3,(H,29,30,32). The molecule has 1 N–H and O–H groups in total. The van der Waals surface area contributed by atoms with Crippen LogP contribution in [0.15, 0.2) is 22.5 Å². The highest BCUT2D eigenvalue weighted by atomic mass is 32.2. The number of nitrogens with one attached hydrogen (secondary N) is 1. The van der Waals surface area contributed by atoms with Crippen LogP contribution >= 0.6 is 23.1 Å². The first-order valence-corrected chi connectivity index (χ1v) is 14.9. The molecule has 0 aliphatic rings. The number of carbonyl (C=O) groups is 1. The number of anilines is 1. The SMILES string of the molecule is CCCCC(CC)CSc1nnc(NC(=O)COc2ccc(C(C)(C)CC)cc2C(C)(C)CC)s1. The largest absolute Gasteiger partial charge is 0.483 e. The highest BCUT2D eigenvalue weighted by molar-refractivity contribution is 8.01. The third-order valence-electron chi connectivity index (χ3n) is 7.26. The molecule has 7 heteroatoms. The maximum Gasteiger partial charge on any atom is 0.264 e. The van der Waals surface area contributed by atoms with Crippen LogP contribution in [-0.2, 0) is 15.6 Å². The van der Waals surface area contributed by atoms with Crippen molar-refractivity contribution in [1.29, 1.82) is 0 Å². The van der Waals surface area contributed by atoms with Crippen LogP contribution in [0.1, 0.15) is 105 Å². The average molecular weight is 520 g/mol. The fourth-order valence-electron chi connectivity index (χ4n) is 3.70. The molecular formula is C28H45N3O2S2. The molecule has 1 atom stereocenters. The van der Waals surface area contributed by atoms with Crippen molar-refractivity contribution in [2.45, 2.75) is 109 Å². The molecule has 35 heavy (non-hydrogen) atoms. The fourth-order valence-corrected chi connectivity index (χ4v) is 5.75. The minimum atomic E-state index is -0.217. The number of rotatable bonds is 15. The van der Waals surface area contributed by atoms with Gasteiger partial charge in [0, 0.05) is 11.3 Å². The van der Waals surface area contributed by atoms with Gasteiger partial charge in [-0.05, 0) is 47.6 Å². The average Bonchev–Trinajstić information content (AvgIpc) is 3.29. The van der Waals surface area contributed by atoms with Gasteiger partial charge in [-0.2, -0.15) is 0 Å². The van der Waals surface area contributed by atoms with Crippen molar-refractivity contribution in [3.05, 3.63) is 29.3 Å². The topological polar surface area (TPSA) is 64.1 Å². The van der Waals surface area contributed by atoms with E-state index in [1.54, 1.807) is 11.8 Å². The van der Waals surface area contributed by atoms with Crippen LogP contribution in [0.5, 0.6) is 5.75 Å². The summed E-state index contributed by atoms with van der Waals surface area (Å²) in [6.45, 7) is 17.8. The van der Waals surface area contributed by atoms with E-state index in [1.807, 2.05) is 6.07 Å². The molecule has 196 valence electrons. The van der Waals surface area contributed by atoms with Crippen molar-refractivity contribution in [3.63, 3.8) is 0 Å². The van der Waals surface area contributed by atoms with Crippen LogP contribution < -0.4 is 10.1 Å². The molecule has 5 nitrogen and oxygen atoms in total. The number of hydrogen-bond donors (Lipinski definition) is 1. The van der Waals surface area contributed by atoms with Gasteiger partial charge in [0.05, 0.1) is 0 Å². The monoisotopic (exact) mass is 519 g/mol. The molecule has 2 aromatic rings. The molecule has 0 fully saturated rings. The van der Waals surface area contributed by atoms with Gasteiger partial charge in [0.2, 0.25) is 5.13 Å². The third kappa shape index (κ3) is 8.78. The summed E-state index contributed by atoms with van der Waals surface area (Å²) in [6, 6.07) is 6.41. The molecule has 0 saturated carbocycles. The Labute approximate surface area is 221 Å². The number of unbranched alkanes of at least 4 members (excludes halogenated alkanes) is 1. The van der Waals surface area contributed by atoms with Crippen LogP contribution in [0.3, 0.4) is 0 Å². The van der Waals surface area contributed by atoms with Crippen molar-refractivity contribution < 1.29 is 9.53 Å². The number of hydrogen-bond acceptors (Lipinski definition) is 6. The Morgan fingerprint density at radius 2 is 1.80 bits per heavy atom. The number of nitrogens with zero attached hydrogens (tertiary/aromatic N) is 2. The molecule has 1 heterocycles. The van der Waals surface area contributed by atoms with Gasteiger partial charge in [-0.15, -0.1) is 10.2 Å². The van der Waals surface area contributed by atoms with E-state index in [0.29, 0.717) is 11.0 Å². The quantitative estimate of drug-likeness (QED) is 0.190. The number of thioether (sulfide) groups is 1. The Morgan fingerprint density at radius 3 is 2.43 bits per heavy atom. The number of ether oxygens (including phenoxy) is 1. The molecule has 1 aromatic carbocycles. The van der Waals surface area contributed by atoms with Crippen molar-refractivity contribution in [1.82, 2.24) is 10.2 Å². The minimum Gasteiger partial charge on any atom is -0.483 e. The minimum absolute atomic E-state index is 0.0511. The smallest absolute Gasteiger partial charge is 0.264 e. The molecule has 0 radical (unpaired) electrons. The summed E-state index contributed by atoms with van der Waals surface area (Å²) >= 11 is 3.17. The van der Waals surface area contributed by atoms with Crippen molar-refractivity contribution >= 4 is 34.1 Å². The van der Waals surface area contributed by atoms with Crippen LogP contribution in [0.25, 0.3) is 0 Å². The lowest BCUT2D eigenvalue weighted by Crippen LogP contribution is -2.24. The zero-order valence-electron chi connectivity index (χ0n) is 23.0. The van der Waals surface area contributed by atoms with E-state index in [-0.39, 0.29) is 23.3 Å². The Balaban J connectivity index is 2.00. The molecule has 1 aromatic heterocycles. The highest BCUT2D eigenvalue weighted by Gasteiger charge is 2.27. The molecular weight excluding hydrogens is 474 g/mol. The number of aromatic nitrogens is 2. The van der Waals surface area contributed by atoms with Crippen molar-refractivity contribution in [2.24, 2.45) is 5.92 Å². The lowest BCUT2D eigenvalue weighted by Gasteiger charge is -2.30. The predicted octanol–water partition coefficient (Wildman–Crippen LogP) is 8.24. The van der Waals surface area contributed by atoms with E-state index < -0.39 is 0 Å². The molecule has 0 saturated heterocycles. The van der Waals surface area contributed by atoms with Crippen molar-refractivity contribution in [2.75, 3.05) is 17.7 Å². The summed E-state index contributed by atoms with van der Waals surface area (Å²) in [7, 11) is 0. The summed E-state index contributed by atoms with van der Waals surface area (Å²) in [6.07, 6.45) is 6.98. The molecule has 2 rings (SSSR count). The Kier molecular flexibility index (Phi) is 11.5. The van der Waals surface area contributed by atoms with E-state index in [4.69, 9.17) is 4.74 Å². The van der Waals surface area contributed by atoms with Gasteiger partial charge in [-0.1, -0.05) is 110 Å². The zero-order chi connectivity index (χ0) is 26.1. The van der Waals surface area contributed by atoms with Crippen LogP contribution in [-0.4, -0.2) is 28.5 Å². The first-order chi connectivity index (χ1) is 16.6. The van der Waals surface area contributed by atoms with Gasteiger partial charge in [-0.25, -0.2) is 0 Å². The summed E-state index contributed by atoms with van der Waals surface area (Å²) < 4.78 is 6.94. The Morgan fingerprint density at radius 1 is 1.09 bits per heavy atom. The summed E-state index contributed by atoms with van der Waals surface area (Å²) in [5.41, 5.74) is 2.49. The van der Waals surface area contributed by atoms with E-state index >= 15 is 0 Å². The maximum atomic E-state index is 12.6. The van der Waals surface area contributed by atoms with E-state index in [2.05, 4.69) is 83.0 Å². The van der Waals surface area contributed by atoms with Crippen LogP contribution in [0.2, 0.25) is 0 Å². The van der Waals surface area contributed by atoms with Gasteiger partial charge in [-0.3, -0.25) is 10.1 Å². The molecule has 1 amide bonds. The number of amides is 1. The van der Waals surface area contributed by atoms with Gasteiger partial charge in [0.1, 0.15) is 5.75 Å². The Hall–Kier alpha value is -1.60. The molecule has 0 bridgehead atoms. The predicted molar refractivity (Wildman–Crippen MR) is 151 cm³/mol. The molecule has 0 aliphatic heterocycles. The second-order valence-electron chi connectivity index (χ2n) is 10.6. The van der Waals surface area contributed by atoms with E-state index in [0.717, 1.165) is 34.2 Å². The summed E-state index contributed by atoms with van der Waals surface area (Å²) in [5, 5.41) is 11.8. The van der Waals surface area contributed by atoms with Gasteiger partial charge >= 0.3 is 0 Å².